The highest BCUT2D eigenvalue weighted by Gasteiger charge is 2.20. The molecule has 1 heterocycles. The summed E-state index contributed by atoms with van der Waals surface area (Å²) in [5.41, 5.74) is 1.17. The van der Waals surface area contributed by atoms with Crippen molar-refractivity contribution in [3.63, 3.8) is 0 Å². The summed E-state index contributed by atoms with van der Waals surface area (Å²) in [6.45, 7) is 6.05. The molecule has 0 aliphatic rings. The number of nitrogens with one attached hydrogen (secondary N) is 2. The third-order valence-electron chi connectivity index (χ3n) is 3.52. The molecule has 1 aromatic heterocycles. The summed E-state index contributed by atoms with van der Waals surface area (Å²) in [7, 11) is 5.96. The maximum atomic E-state index is 4.30. The van der Waals surface area contributed by atoms with Crippen LogP contribution in [0, 0.1) is 0 Å². The highest BCUT2D eigenvalue weighted by Crippen LogP contribution is 2.07. The molecule has 0 bridgehead atoms. The molecule has 0 aromatic carbocycles. The Labute approximate surface area is 122 Å². The quantitative estimate of drug-likeness (QED) is 0.604. The number of rotatable bonds is 6. The Morgan fingerprint density at radius 2 is 2.05 bits per heavy atom. The van der Waals surface area contributed by atoms with Crippen molar-refractivity contribution in [1.29, 1.82) is 0 Å². The van der Waals surface area contributed by atoms with Crippen LogP contribution in [0.25, 0.3) is 0 Å². The summed E-state index contributed by atoms with van der Waals surface area (Å²) in [6.07, 6.45) is 2.71. The van der Waals surface area contributed by atoms with Crippen molar-refractivity contribution in [2.75, 3.05) is 34.2 Å². The lowest BCUT2D eigenvalue weighted by Gasteiger charge is -2.33. The van der Waals surface area contributed by atoms with Crippen molar-refractivity contribution in [2.24, 2.45) is 4.99 Å². The molecule has 1 rings (SSSR count). The van der Waals surface area contributed by atoms with E-state index in [1.165, 1.54) is 0 Å². The first-order valence-electron chi connectivity index (χ1n) is 6.97. The van der Waals surface area contributed by atoms with Gasteiger partial charge in [0, 0.05) is 44.0 Å². The van der Waals surface area contributed by atoms with Gasteiger partial charge < -0.3 is 15.5 Å². The summed E-state index contributed by atoms with van der Waals surface area (Å²) in [4.78, 5) is 10.7. The molecule has 0 saturated carbocycles. The van der Waals surface area contributed by atoms with Crippen molar-refractivity contribution in [1.82, 2.24) is 20.5 Å². The standard InChI is InChI=1S/C15H27N5/c1-15(2,20(4)5)12-19-14(16-3)18-11-9-13-8-6-7-10-17-13/h6-8,10H,9,11-12H2,1-5H3,(H2,16,18,19). The molecule has 0 spiro atoms. The lowest BCUT2D eigenvalue weighted by molar-refractivity contribution is 0.197. The van der Waals surface area contributed by atoms with Crippen LogP contribution < -0.4 is 10.6 Å². The monoisotopic (exact) mass is 277 g/mol. The average molecular weight is 277 g/mol. The van der Waals surface area contributed by atoms with E-state index < -0.39 is 0 Å². The molecule has 112 valence electrons. The number of guanidine groups is 1. The van der Waals surface area contributed by atoms with Crippen molar-refractivity contribution < 1.29 is 0 Å². The minimum absolute atomic E-state index is 0.0819. The molecule has 20 heavy (non-hydrogen) atoms. The Morgan fingerprint density at radius 1 is 1.30 bits per heavy atom. The van der Waals surface area contributed by atoms with Crippen LogP contribution in [0.1, 0.15) is 19.5 Å². The van der Waals surface area contributed by atoms with Crippen LogP contribution in [0.15, 0.2) is 29.4 Å². The molecule has 0 saturated heterocycles. The van der Waals surface area contributed by atoms with E-state index in [1.54, 1.807) is 7.05 Å². The van der Waals surface area contributed by atoms with Gasteiger partial charge in [0.2, 0.25) is 0 Å². The van der Waals surface area contributed by atoms with Gasteiger partial charge in [-0.2, -0.15) is 0 Å². The van der Waals surface area contributed by atoms with E-state index in [0.717, 1.165) is 31.2 Å². The lowest BCUT2D eigenvalue weighted by atomic mass is 10.0. The van der Waals surface area contributed by atoms with Gasteiger partial charge in [-0.05, 0) is 40.1 Å². The zero-order valence-corrected chi connectivity index (χ0v) is 13.3. The van der Waals surface area contributed by atoms with Crippen molar-refractivity contribution in [3.8, 4) is 0 Å². The van der Waals surface area contributed by atoms with E-state index in [2.05, 4.69) is 53.5 Å². The zero-order valence-electron chi connectivity index (χ0n) is 13.3. The number of hydrogen-bond donors (Lipinski definition) is 2. The van der Waals surface area contributed by atoms with Crippen LogP contribution in [0.4, 0.5) is 0 Å². The number of pyridine rings is 1. The molecular weight excluding hydrogens is 250 g/mol. The number of likely N-dealkylation sites (N-methyl/N-ethyl adjacent to an activating group) is 1. The van der Waals surface area contributed by atoms with Crippen molar-refractivity contribution >= 4 is 5.96 Å². The fraction of sp³-hybridized carbons (Fsp3) is 0.600. The second-order valence-corrected chi connectivity index (χ2v) is 5.63. The molecule has 1 aromatic rings. The first kappa shape index (κ1) is 16.4. The molecule has 5 nitrogen and oxygen atoms in total. The topological polar surface area (TPSA) is 52.6 Å². The molecule has 2 N–H and O–H groups in total. The van der Waals surface area contributed by atoms with Gasteiger partial charge in [-0.3, -0.25) is 9.98 Å². The smallest absolute Gasteiger partial charge is 0.191 e. The van der Waals surface area contributed by atoms with Gasteiger partial charge in [-0.25, -0.2) is 0 Å². The predicted octanol–water partition coefficient (Wildman–Crippen LogP) is 1.13. The van der Waals surface area contributed by atoms with Gasteiger partial charge in [-0.1, -0.05) is 6.07 Å². The van der Waals surface area contributed by atoms with Gasteiger partial charge in [0.1, 0.15) is 0 Å². The van der Waals surface area contributed by atoms with E-state index >= 15 is 0 Å². The number of aliphatic imine (C=N–C) groups is 1. The van der Waals surface area contributed by atoms with Crippen molar-refractivity contribution in [3.05, 3.63) is 30.1 Å². The maximum Gasteiger partial charge on any atom is 0.191 e. The second kappa shape index (κ2) is 7.85. The predicted molar refractivity (Wildman–Crippen MR) is 85.1 cm³/mol. The van der Waals surface area contributed by atoms with Crippen LogP contribution >= 0.6 is 0 Å². The largest absolute Gasteiger partial charge is 0.356 e. The fourth-order valence-electron chi connectivity index (χ4n) is 1.53. The lowest BCUT2D eigenvalue weighted by Crippen LogP contribution is -2.51. The van der Waals surface area contributed by atoms with E-state index in [-0.39, 0.29) is 5.54 Å². The van der Waals surface area contributed by atoms with Gasteiger partial charge in [0.05, 0.1) is 0 Å². The van der Waals surface area contributed by atoms with E-state index in [1.807, 2.05) is 24.4 Å². The number of nitrogens with zero attached hydrogens (tertiary/aromatic N) is 3. The first-order chi connectivity index (χ1) is 9.45. The Morgan fingerprint density at radius 3 is 2.60 bits per heavy atom. The molecule has 0 unspecified atom stereocenters. The minimum Gasteiger partial charge on any atom is -0.356 e. The summed E-state index contributed by atoms with van der Waals surface area (Å²) in [5, 5.41) is 6.66. The molecule has 0 amide bonds. The molecule has 0 fully saturated rings. The molecule has 0 aliphatic carbocycles. The van der Waals surface area contributed by atoms with Crippen molar-refractivity contribution in [2.45, 2.75) is 25.8 Å². The SMILES string of the molecule is CN=C(NCCc1ccccn1)NCC(C)(C)N(C)C. The highest BCUT2D eigenvalue weighted by atomic mass is 15.2. The van der Waals surface area contributed by atoms with Gasteiger partial charge in [0.25, 0.3) is 0 Å². The van der Waals surface area contributed by atoms with Gasteiger partial charge in [0.15, 0.2) is 5.96 Å². The second-order valence-electron chi connectivity index (χ2n) is 5.63. The third kappa shape index (κ3) is 5.57. The molecule has 0 radical (unpaired) electrons. The summed E-state index contributed by atoms with van der Waals surface area (Å²) in [6, 6.07) is 5.97. The summed E-state index contributed by atoms with van der Waals surface area (Å²) >= 11 is 0. The molecule has 5 heteroatoms. The first-order valence-corrected chi connectivity index (χ1v) is 6.97. The van der Waals surface area contributed by atoms with Crippen LogP contribution in [0.5, 0.6) is 0 Å². The Bertz CT molecular complexity index is 412. The van der Waals surface area contributed by atoms with E-state index in [4.69, 9.17) is 0 Å². The Balaban J connectivity index is 2.34. The number of hydrogen-bond acceptors (Lipinski definition) is 3. The normalized spacial score (nSPS) is 12.6. The number of aromatic nitrogens is 1. The van der Waals surface area contributed by atoms with Gasteiger partial charge >= 0.3 is 0 Å². The fourth-order valence-corrected chi connectivity index (χ4v) is 1.53. The van der Waals surface area contributed by atoms with Crippen LogP contribution in [0.3, 0.4) is 0 Å². The minimum atomic E-state index is 0.0819. The van der Waals surface area contributed by atoms with Crippen LogP contribution in [0.2, 0.25) is 0 Å². The van der Waals surface area contributed by atoms with E-state index in [0.29, 0.717) is 0 Å². The zero-order chi connectivity index (χ0) is 15.0. The molecular formula is C15H27N5. The van der Waals surface area contributed by atoms with Crippen LogP contribution in [-0.4, -0.2) is 55.6 Å². The Kier molecular flexibility index (Phi) is 6.45. The third-order valence-corrected chi connectivity index (χ3v) is 3.52. The highest BCUT2D eigenvalue weighted by molar-refractivity contribution is 5.79. The summed E-state index contributed by atoms with van der Waals surface area (Å²) in [5.74, 6) is 0.829. The maximum absolute atomic E-state index is 4.30. The summed E-state index contributed by atoms with van der Waals surface area (Å²) < 4.78 is 0. The Hall–Kier alpha value is -1.62. The van der Waals surface area contributed by atoms with E-state index in [9.17, 15) is 0 Å². The average Bonchev–Trinajstić information content (AvgIpc) is 2.43. The molecule has 0 aliphatic heterocycles. The van der Waals surface area contributed by atoms with Crippen LogP contribution in [-0.2, 0) is 6.42 Å². The molecule has 0 atom stereocenters. The van der Waals surface area contributed by atoms with Gasteiger partial charge in [-0.15, -0.1) is 0 Å².